The molecule has 1 saturated heterocycles. The number of benzene rings is 1. The molecule has 0 radical (unpaired) electrons. The number of aliphatic hydroxyl groups is 1. The molecule has 16 heteroatoms. The highest BCUT2D eigenvalue weighted by atomic mass is 35.5. The van der Waals surface area contributed by atoms with Crippen molar-refractivity contribution in [2.24, 2.45) is 0 Å². The number of nitrogens with two attached hydrogens (primary N) is 1. The lowest BCUT2D eigenvalue weighted by Crippen LogP contribution is -2.48. The van der Waals surface area contributed by atoms with Gasteiger partial charge in [-0.2, -0.15) is 10.1 Å². The number of hydrogen-bond donors (Lipinski definition) is 3. The number of anilines is 1. The smallest absolute Gasteiger partial charge is 0.459 e. The molecule has 3 rings (SSSR count). The summed E-state index contributed by atoms with van der Waals surface area (Å²) in [6, 6.07) is 6.62. The number of nitrogens with zero attached hydrogens (tertiary/aromatic N) is 2. The minimum Gasteiger partial charge on any atom is -0.462 e. The van der Waals surface area contributed by atoms with Crippen LogP contribution in [0.4, 0.5) is 14.6 Å². The molecule has 6 atom stereocenters. The topological polar surface area (TPSA) is 164 Å². The molecule has 2 heterocycles. The van der Waals surface area contributed by atoms with Crippen LogP contribution in [0, 0.1) is 5.82 Å². The number of nitrogen functional groups attached to an aromatic ring is 1. The molecule has 4 N–H and O–H groups in total. The fourth-order valence-electron chi connectivity index (χ4n) is 3.47. The Kier molecular flexibility index (Phi) is 9.50. The number of alkyl halides is 2. The summed E-state index contributed by atoms with van der Waals surface area (Å²) in [7, 11) is -4.45. The molecule has 0 unspecified atom stereocenters. The van der Waals surface area contributed by atoms with E-state index in [1.165, 1.54) is 19.1 Å². The summed E-state index contributed by atoms with van der Waals surface area (Å²) < 4.78 is 65.0. The maximum atomic E-state index is 15.2. The third kappa shape index (κ3) is 6.68. The summed E-state index contributed by atoms with van der Waals surface area (Å²) in [6.07, 6.45) is -6.08. The molecule has 2 aromatic rings. The number of halogens is 3. The Morgan fingerprint density at radius 1 is 1.37 bits per heavy atom. The number of rotatable bonds is 11. The number of esters is 1. The minimum absolute atomic E-state index is 0.0943. The van der Waals surface area contributed by atoms with Gasteiger partial charge in [0, 0.05) is 0 Å². The zero-order valence-electron chi connectivity index (χ0n) is 20.6. The van der Waals surface area contributed by atoms with Crippen molar-refractivity contribution in [3.63, 3.8) is 0 Å². The van der Waals surface area contributed by atoms with E-state index >= 15 is 4.39 Å². The number of para-hydroxylation sites is 1. The molecule has 1 aromatic carbocycles. The Hall–Kier alpha value is -2.61. The number of aromatic nitrogens is 2. The molecule has 1 aliphatic rings. The van der Waals surface area contributed by atoms with Crippen molar-refractivity contribution < 1.29 is 41.8 Å². The molecule has 0 bridgehead atoms. The molecule has 1 aromatic heterocycles. The maximum Gasteiger partial charge on any atom is 0.459 e. The zero-order valence-corrected chi connectivity index (χ0v) is 22.3. The summed E-state index contributed by atoms with van der Waals surface area (Å²) in [4.78, 5) is 27.8. The third-order valence-corrected chi connectivity index (χ3v) is 7.48. The van der Waals surface area contributed by atoms with Gasteiger partial charge in [0.1, 0.15) is 23.5 Å². The summed E-state index contributed by atoms with van der Waals surface area (Å²) >= 11 is 6.02. The first-order chi connectivity index (χ1) is 17.8. The molecule has 12 nitrogen and oxygen atoms in total. The number of ether oxygens (including phenoxy) is 2. The summed E-state index contributed by atoms with van der Waals surface area (Å²) in [6.45, 7) is 3.77. The van der Waals surface area contributed by atoms with Crippen molar-refractivity contribution in [2.45, 2.75) is 57.0 Å². The Balaban J connectivity index is 1.87. The molecule has 1 aliphatic heterocycles. The predicted octanol–water partition coefficient (Wildman–Crippen LogP) is 2.30. The van der Waals surface area contributed by atoms with Gasteiger partial charge in [0.2, 0.25) is 0 Å². The van der Waals surface area contributed by atoms with Gasteiger partial charge in [-0.3, -0.25) is 13.9 Å². The lowest BCUT2D eigenvalue weighted by atomic mass is 9.99. The van der Waals surface area contributed by atoms with E-state index in [-0.39, 0.29) is 5.75 Å². The third-order valence-electron chi connectivity index (χ3n) is 5.41. The van der Waals surface area contributed by atoms with Gasteiger partial charge in [0.05, 0.1) is 24.8 Å². The zero-order chi connectivity index (χ0) is 28.3. The standard InChI is InChI=1S/C22H28ClF2N4O8P/c1-12(2)35-20(31)13(3)28-38(33,37-14-7-5-4-6-8-14)34-11-22(10-23)17(30)16(25)19(36-22)29-9-15(24)18(26)27-21(29)32/h4-9,12-13,16-17,19,30H,10-11H2,1-3H3,(H,28,33)(H2,26,27,32)/t13-,16-,17-,19+,22+,38+/m0/s1. The highest BCUT2D eigenvalue weighted by Crippen LogP contribution is 2.48. The Morgan fingerprint density at radius 2 is 2.03 bits per heavy atom. The summed E-state index contributed by atoms with van der Waals surface area (Å²) in [5.74, 6) is -3.10. The first-order valence-electron chi connectivity index (χ1n) is 11.4. The molecule has 0 saturated carbocycles. The van der Waals surface area contributed by atoms with Crippen molar-refractivity contribution in [3.05, 3.63) is 52.8 Å². The van der Waals surface area contributed by atoms with Crippen molar-refractivity contribution in [1.29, 1.82) is 0 Å². The fraction of sp³-hybridized carbons (Fsp3) is 0.500. The van der Waals surface area contributed by atoms with Crippen molar-refractivity contribution in [3.8, 4) is 5.75 Å². The first-order valence-corrected chi connectivity index (χ1v) is 13.5. The second-order valence-corrected chi connectivity index (χ2v) is 10.7. The lowest BCUT2D eigenvalue weighted by Gasteiger charge is -2.31. The molecular weight excluding hydrogens is 553 g/mol. The number of carbonyl (C=O) groups excluding carboxylic acids is 1. The SMILES string of the molecule is CC(C)OC(=O)[C@H](C)N[P@@](=O)(OC[C@@]1(CCl)O[C@@H](n2cc(F)c(N)nc2=O)[C@@H](F)[C@@H]1O)Oc1ccccc1. The number of nitrogens with one attached hydrogen (secondary N) is 1. The number of aliphatic hydroxyl groups excluding tert-OH is 1. The second kappa shape index (κ2) is 12.1. The van der Waals surface area contributed by atoms with Crippen molar-refractivity contribution in [1.82, 2.24) is 14.6 Å². The van der Waals surface area contributed by atoms with Crippen molar-refractivity contribution >= 4 is 31.1 Å². The van der Waals surface area contributed by atoms with Gasteiger partial charge in [-0.15, -0.1) is 11.6 Å². The molecule has 0 aliphatic carbocycles. The van der Waals surface area contributed by atoms with Gasteiger partial charge in [0.25, 0.3) is 0 Å². The summed E-state index contributed by atoms with van der Waals surface area (Å²) in [5, 5.41) is 13.1. The van der Waals surface area contributed by atoms with Crippen LogP contribution in [-0.4, -0.2) is 63.1 Å². The normalized spacial score (nSPS) is 25.6. The predicted molar refractivity (Wildman–Crippen MR) is 132 cm³/mol. The van der Waals surface area contributed by atoms with Gasteiger partial charge in [-0.25, -0.2) is 18.1 Å². The Morgan fingerprint density at radius 3 is 2.63 bits per heavy atom. The molecule has 38 heavy (non-hydrogen) atoms. The van der Waals surface area contributed by atoms with Crippen LogP contribution in [0.3, 0.4) is 0 Å². The molecule has 1 fully saturated rings. The van der Waals surface area contributed by atoms with E-state index in [9.17, 15) is 23.7 Å². The van der Waals surface area contributed by atoms with E-state index in [1.54, 1.807) is 32.0 Å². The quantitative estimate of drug-likeness (QED) is 0.203. The molecule has 210 valence electrons. The van der Waals surface area contributed by atoms with E-state index in [0.29, 0.717) is 10.8 Å². The van der Waals surface area contributed by atoms with Crippen LogP contribution in [0.1, 0.15) is 27.0 Å². The monoisotopic (exact) mass is 580 g/mol. The highest BCUT2D eigenvalue weighted by Gasteiger charge is 2.57. The number of hydrogen-bond acceptors (Lipinski definition) is 10. The average molecular weight is 581 g/mol. The molecule has 0 amide bonds. The van der Waals surface area contributed by atoms with Gasteiger partial charge in [-0.1, -0.05) is 18.2 Å². The van der Waals surface area contributed by atoms with Crippen LogP contribution in [-0.2, 0) is 23.4 Å². The van der Waals surface area contributed by atoms with Crippen LogP contribution >= 0.6 is 19.3 Å². The molecular formula is C22H28ClF2N4O8P. The second-order valence-electron chi connectivity index (χ2n) is 8.77. The van der Waals surface area contributed by atoms with Crippen molar-refractivity contribution in [2.75, 3.05) is 18.2 Å². The van der Waals surface area contributed by atoms with Gasteiger partial charge >= 0.3 is 19.4 Å². The lowest BCUT2D eigenvalue weighted by molar-refractivity contribution is -0.149. The molecule has 0 spiro atoms. The minimum atomic E-state index is -4.45. The van der Waals surface area contributed by atoms with Crippen LogP contribution in [0.5, 0.6) is 5.75 Å². The van der Waals surface area contributed by atoms with E-state index in [4.69, 9.17) is 35.9 Å². The Labute approximate surface area is 221 Å². The van der Waals surface area contributed by atoms with Gasteiger partial charge in [-0.05, 0) is 32.9 Å². The maximum absolute atomic E-state index is 15.2. The Bertz CT molecular complexity index is 1240. The van der Waals surface area contributed by atoms with E-state index in [2.05, 4.69) is 10.1 Å². The highest BCUT2D eigenvalue weighted by molar-refractivity contribution is 7.52. The summed E-state index contributed by atoms with van der Waals surface area (Å²) in [5.41, 5.74) is 2.04. The van der Waals surface area contributed by atoms with Gasteiger partial charge < -0.3 is 24.8 Å². The largest absolute Gasteiger partial charge is 0.462 e. The number of carbonyl (C=O) groups is 1. The van der Waals surface area contributed by atoms with Crippen LogP contribution in [0.25, 0.3) is 0 Å². The van der Waals surface area contributed by atoms with E-state index in [0.717, 1.165) is 0 Å². The van der Waals surface area contributed by atoms with Gasteiger partial charge in [0.15, 0.2) is 24.0 Å². The average Bonchev–Trinajstić information content (AvgIpc) is 3.11. The van der Waals surface area contributed by atoms with Crippen LogP contribution in [0.2, 0.25) is 0 Å². The van der Waals surface area contributed by atoms with E-state index < -0.39 is 79.8 Å². The van der Waals surface area contributed by atoms with E-state index in [1.807, 2.05) is 0 Å². The first kappa shape index (κ1) is 29.9. The van der Waals surface area contributed by atoms with Crippen LogP contribution in [0.15, 0.2) is 41.3 Å². The van der Waals surface area contributed by atoms with Crippen LogP contribution < -0.4 is 21.0 Å². The fourth-order valence-corrected chi connectivity index (χ4v) is 5.31.